The van der Waals surface area contributed by atoms with E-state index in [9.17, 15) is 4.79 Å². The third kappa shape index (κ3) is 3.08. The maximum absolute atomic E-state index is 13.0. The van der Waals surface area contributed by atoms with Crippen LogP contribution in [0.4, 0.5) is 0 Å². The fraction of sp³-hybridized carbons (Fsp3) is 0.588. The summed E-state index contributed by atoms with van der Waals surface area (Å²) in [5.74, 6) is 0.696. The lowest BCUT2D eigenvalue weighted by Crippen LogP contribution is -2.62. The highest BCUT2D eigenvalue weighted by atomic mass is 35.5. The SMILES string of the molecule is CC(C)(Oc1ccc(Cl)cc1)C(=O)N1[C@@H]2CCC[C@H]1COC2. The molecule has 120 valence electrons. The van der Waals surface area contributed by atoms with E-state index >= 15 is 0 Å². The number of fused-ring (bicyclic) bond motifs is 2. The predicted molar refractivity (Wildman–Crippen MR) is 85.3 cm³/mol. The van der Waals surface area contributed by atoms with Gasteiger partial charge in [-0.3, -0.25) is 4.79 Å². The summed E-state index contributed by atoms with van der Waals surface area (Å²) in [6.45, 7) is 4.93. The number of ether oxygens (including phenoxy) is 2. The fourth-order valence-corrected chi connectivity index (χ4v) is 3.44. The Morgan fingerprint density at radius 2 is 1.82 bits per heavy atom. The zero-order valence-electron chi connectivity index (χ0n) is 13.0. The van der Waals surface area contributed by atoms with Gasteiger partial charge in [0.05, 0.1) is 25.3 Å². The Kier molecular flexibility index (Phi) is 4.33. The maximum Gasteiger partial charge on any atom is 0.266 e. The lowest BCUT2D eigenvalue weighted by atomic mass is 9.92. The van der Waals surface area contributed by atoms with Crippen LogP contribution in [0, 0.1) is 0 Å². The van der Waals surface area contributed by atoms with Crippen LogP contribution in [0.1, 0.15) is 33.1 Å². The van der Waals surface area contributed by atoms with Crippen molar-refractivity contribution in [1.82, 2.24) is 4.90 Å². The molecular formula is C17H22ClNO3. The topological polar surface area (TPSA) is 38.8 Å². The molecule has 5 heteroatoms. The molecule has 4 nitrogen and oxygen atoms in total. The van der Waals surface area contributed by atoms with E-state index in [4.69, 9.17) is 21.1 Å². The summed E-state index contributed by atoms with van der Waals surface area (Å²) in [7, 11) is 0. The number of halogens is 1. The molecule has 2 aliphatic heterocycles. The zero-order valence-corrected chi connectivity index (χ0v) is 13.8. The average molecular weight is 324 g/mol. The fourth-order valence-electron chi connectivity index (χ4n) is 3.32. The monoisotopic (exact) mass is 323 g/mol. The van der Waals surface area contributed by atoms with E-state index in [1.807, 2.05) is 18.7 Å². The van der Waals surface area contributed by atoms with Crippen molar-refractivity contribution >= 4 is 17.5 Å². The van der Waals surface area contributed by atoms with Crippen LogP contribution < -0.4 is 4.74 Å². The van der Waals surface area contributed by atoms with Crippen molar-refractivity contribution in [3.8, 4) is 5.75 Å². The predicted octanol–water partition coefficient (Wildman–Crippen LogP) is 3.28. The highest BCUT2D eigenvalue weighted by Gasteiger charge is 2.44. The van der Waals surface area contributed by atoms with Crippen LogP contribution in [0.5, 0.6) is 5.75 Å². The number of hydrogen-bond donors (Lipinski definition) is 0. The number of morpholine rings is 1. The molecule has 1 aromatic carbocycles. The van der Waals surface area contributed by atoms with Crippen molar-refractivity contribution in [2.24, 2.45) is 0 Å². The molecule has 0 unspecified atom stereocenters. The first-order chi connectivity index (χ1) is 10.5. The quantitative estimate of drug-likeness (QED) is 0.857. The van der Waals surface area contributed by atoms with Crippen LogP contribution in [0.15, 0.2) is 24.3 Å². The molecule has 0 N–H and O–H groups in total. The highest BCUT2D eigenvalue weighted by Crippen LogP contribution is 2.31. The minimum absolute atomic E-state index is 0.0421. The van der Waals surface area contributed by atoms with Gasteiger partial charge in [-0.15, -0.1) is 0 Å². The van der Waals surface area contributed by atoms with Crippen LogP contribution >= 0.6 is 11.6 Å². The molecular weight excluding hydrogens is 302 g/mol. The second-order valence-electron chi connectivity index (χ2n) is 6.55. The Morgan fingerprint density at radius 1 is 1.23 bits per heavy atom. The van der Waals surface area contributed by atoms with Crippen molar-refractivity contribution in [3.05, 3.63) is 29.3 Å². The number of piperidine rings is 1. The van der Waals surface area contributed by atoms with Crippen molar-refractivity contribution in [1.29, 1.82) is 0 Å². The Hall–Kier alpha value is -1.26. The number of carbonyl (C=O) groups excluding carboxylic acids is 1. The zero-order chi connectivity index (χ0) is 15.7. The van der Waals surface area contributed by atoms with Gasteiger partial charge in [0.2, 0.25) is 0 Å². The number of carbonyl (C=O) groups is 1. The molecule has 1 aromatic rings. The van der Waals surface area contributed by atoms with E-state index in [1.54, 1.807) is 24.3 Å². The second-order valence-corrected chi connectivity index (χ2v) is 6.99. The van der Waals surface area contributed by atoms with Gasteiger partial charge < -0.3 is 14.4 Å². The van der Waals surface area contributed by atoms with Gasteiger partial charge in [-0.2, -0.15) is 0 Å². The largest absolute Gasteiger partial charge is 0.478 e. The molecule has 2 fully saturated rings. The third-order valence-electron chi connectivity index (χ3n) is 4.42. The van der Waals surface area contributed by atoms with E-state index < -0.39 is 5.60 Å². The highest BCUT2D eigenvalue weighted by molar-refractivity contribution is 6.30. The molecule has 0 saturated carbocycles. The van der Waals surface area contributed by atoms with Crippen LogP contribution in [0.3, 0.4) is 0 Å². The normalized spacial score (nSPS) is 25.0. The van der Waals surface area contributed by atoms with E-state index in [0.717, 1.165) is 12.8 Å². The molecule has 0 radical (unpaired) electrons. The number of amides is 1. The third-order valence-corrected chi connectivity index (χ3v) is 4.67. The van der Waals surface area contributed by atoms with Gasteiger partial charge in [0.15, 0.2) is 5.60 Å². The Bertz CT molecular complexity index is 521. The van der Waals surface area contributed by atoms with E-state index in [2.05, 4.69) is 0 Å². The summed E-state index contributed by atoms with van der Waals surface area (Å²) in [5.41, 5.74) is -0.904. The van der Waals surface area contributed by atoms with Gasteiger partial charge >= 0.3 is 0 Å². The van der Waals surface area contributed by atoms with E-state index in [1.165, 1.54) is 6.42 Å². The molecule has 3 rings (SSSR count). The van der Waals surface area contributed by atoms with Gasteiger partial charge in [-0.25, -0.2) is 0 Å². The van der Waals surface area contributed by atoms with Crippen LogP contribution in [0.2, 0.25) is 5.02 Å². The summed E-state index contributed by atoms with van der Waals surface area (Å²) < 4.78 is 11.6. The van der Waals surface area contributed by atoms with Crippen molar-refractivity contribution in [2.45, 2.75) is 50.8 Å². The Labute approximate surface area is 136 Å². The molecule has 0 aromatic heterocycles. The van der Waals surface area contributed by atoms with Gasteiger partial charge in [0, 0.05) is 5.02 Å². The summed E-state index contributed by atoms with van der Waals surface area (Å²) in [4.78, 5) is 15.0. The maximum atomic E-state index is 13.0. The first-order valence-corrected chi connectivity index (χ1v) is 8.20. The Balaban J connectivity index is 1.76. The standard InChI is InChI=1S/C17H22ClNO3/c1-17(2,22-15-8-6-12(18)7-9-15)16(20)19-13-4-3-5-14(19)11-21-10-13/h6-9,13-14H,3-5,10-11H2,1-2H3/t13-,14+. The molecule has 0 spiro atoms. The first kappa shape index (κ1) is 15.6. The molecule has 0 aliphatic carbocycles. The molecule has 2 heterocycles. The van der Waals surface area contributed by atoms with E-state index in [-0.39, 0.29) is 18.0 Å². The second kappa shape index (κ2) is 6.09. The molecule has 1 amide bonds. The number of rotatable bonds is 3. The number of hydrogen-bond acceptors (Lipinski definition) is 3. The lowest BCUT2D eigenvalue weighted by molar-refractivity contribution is -0.164. The molecule has 2 saturated heterocycles. The summed E-state index contributed by atoms with van der Waals surface area (Å²) in [5, 5.41) is 0.652. The van der Waals surface area contributed by atoms with Crippen molar-refractivity contribution in [2.75, 3.05) is 13.2 Å². The minimum Gasteiger partial charge on any atom is -0.478 e. The van der Waals surface area contributed by atoms with E-state index in [0.29, 0.717) is 24.0 Å². The minimum atomic E-state index is -0.904. The Morgan fingerprint density at radius 3 is 2.41 bits per heavy atom. The van der Waals surface area contributed by atoms with Crippen LogP contribution in [-0.4, -0.2) is 41.7 Å². The van der Waals surface area contributed by atoms with Gasteiger partial charge in [-0.05, 0) is 57.4 Å². The lowest BCUT2D eigenvalue weighted by Gasteiger charge is -2.48. The summed E-state index contributed by atoms with van der Waals surface area (Å²) in [6, 6.07) is 7.48. The van der Waals surface area contributed by atoms with Crippen LogP contribution in [0.25, 0.3) is 0 Å². The molecule has 2 bridgehead atoms. The first-order valence-electron chi connectivity index (χ1n) is 7.82. The summed E-state index contributed by atoms with van der Waals surface area (Å²) in [6.07, 6.45) is 3.19. The summed E-state index contributed by atoms with van der Waals surface area (Å²) >= 11 is 5.89. The molecule has 2 aliphatic rings. The number of nitrogens with zero attached hydrogens (tertiary/aromatic N) is 1. The van der Waals surface area contributed by atoms with Gasteiger partial charge in [0.1, 0.15) is 5.75 Å². The van der Waals surface area contributed by atoms with Gasteiger partial charge in [0.25, 0.3) is 5.91 Å². The number of benzene rings is 1. The van der Waals surface area contributed by atoms with Crippen molar-refractivity contribution in [3.63, 3.8) is 0 Å². The van der Waals surface area contributed by atoms with Crippen molar-refractivity contribution < 1.29 is 14.3 Å². The molecule has 2 atom stereocenters. The van der Waals surface area contributed by atoms with Gasteiger partial charge in [-0.1, -0.05) is 11.6 Å². The smallest absolute Gasteiger partial charge is 0.266 e. The molecule has 22 heavy (non-hydrogen) atoms. The van der Waals surface area contributed by atoms with Crippen LogP contribution in [-0.2, 0) is 9.53 Å². The average Bonchev–Trinajstić information content (AvgIpc) is 2.48.